The largest absolute Gasteiger partial charge is 0.444 e. The van der Waals surface area contributed by atoms with Crippen molar-refractivity contribution >= 4 is 18.1 Å². The Balaban J connectivity index is 1.97. The Labute approximate surface area is 139 Å². The maximum absolute atomic E-state index is 14.1. The predicted octanol–water partition coefficient (Wildman–Crippen LogP) is 2.96. The van der Waals surface area contributed by atoms with E-state index in [4.69, 9.17) is 4.74 Å². The standard InChI is InChI=1S/C17H20F2N2O3/c1-5-10-6-7-12(18)13(14(10)19)15(22)20-11-8-21(9-11)16(23)24-17(2,3)4/h5-7,11H,1,8-9H2,2-4H3,(H,20,22). The molecule has 0 unspecified atom stereocenters. The van der Waals surface area contributed by atoms with Crippen LogP contribution in [0.1, 0.15) is 36.7 Å². The van der Waals surface area contributed by atoms with E-state index in [9.17, 15) is 18.4 Å². The van der Waals surface area contributed by atoms with Crippen LogP contribution in [0.5, 0.6) is 0 Å². The molecule has 1 fully saturated rings. The predicted molar refractivity (Wildman–Crippen MR) is 85.5 cm³/mol. The van der Waals surface area contributed by atoms with E-state index in [1.165, 1.54) is 17.0 Å². The normalized spacial score (nSPS) is 14.8. The molecular formula is C17H20F2N2O3. The quantitative estimate of drug-likeness (QED) is 0.922. The molecule has 1 aliphatic heterocycles. The molecule has 2 rings (SSSR count). The number of benzene rings is 1. The van der Waals surface area contributed by atoms with Gasteiger partial charge in [0.25, 0.3) is 5.91 Å². The molecule has 0 bridgehead atoms. The number of nitrogens with one attached hydrogen (secondary N) is 1. The zero-order valence-corrected chi connectivity index (χ0v) is 13.9. The second-order valence-corrected chi connectivity index (χ2v) is 6.59. The van der Waals surface area contributed by atoms with Gasteiger partial charge in [-0.3, -0.25) is 4.79 Å². The molecule has 7 heteroatoms. The molecule has 1 N–H and O–H groups in total. The van der Waals surface area contributed by atoms with Gasteiger partial charge in [0.1, 0.15) is 22.8 Å². The van der Waals surface area contributed by atoms with Crippen LogP contribution in [0.2, 0.25) is 0 Å². The van der Waals surface area contributed by atoms with E-state index in [1.807, 2.05) is 0 Å². The molecule has 1 aliphatic rings. The maximum Gasteiger partial charge on any atom is 0.410 e. The molecule has 2 amide bonds. The van der Waals surface area contributed by atoms with Crippen molar-refractivity contribution in [3.8, 4) is 0 Å². The molecule has 24 heavy (non-hydrogen) atoms. The van der Waals surface area contributed by atoms with Crippen LogP contribution < -0.4 is 5.32 Å². The summed E-state index contributed by atoms with van der Waals surface area (Å²) in [5.41, 5.74) is -1.21. The summed E-state index contributed by atoms with van der Waals surface area (Å²) in [6, 6.07) is 1.85. The Bertz CT molecular complexity index is 677. The van der Waals surface area contributed by atoms with Crippen molar-refractivity contribution in [2.45, 2.75) is 32.4 Å². The summed E-state index contributed by atoms with van der Waals surface area (Å²) >= 11 is 0. The highest BCUT2D eigenvalue weighted by molar-refractivity contribution is 5.95. The van der Waals surface area contributed by atoms with E-state index in [1.54, 1.807) is 20.8 Å². The summed E-state index contributed by atoms with van der Waals surface area (Å²) in [5.74, 6) is -2.76. The molecule has 1 heterocycles. The number of halogens is 2. The van der Waals surface area contributed by atoms with Crippen molar-refractivity contribution in [2.75, 3.05) is 13.1 Å². The van der Waals surface area contributed by atoms with Gasteiger partial charge in [-0.1, -0.05) is 12.7 Å². The summed E-state index contributed by atoms with van der Waals surface area (Å²) in [4.78, 5) is 25.3. The number of ether oxygens (including phenoxy) is 1. The second-order valence-electron chi connectivity index (χ2n) is 6.59. The van der Waals surface area contributed by atoms with Gasteiger partial charge in [0, 0.05) is 18.7 Å². The molecule has 0 radical (unpaired) electrons. The zero-order valence-electron chi connectivity index (χ0n) is 13.9. The average Bonchev–Trinajstić information content (AvgIpc) is 2.40. The number of nitrogens with zero attached hydrogens (tertiary/aromatic N) is 1. The monoisotopic (exact) mass is 338 g/mol. The first kappa shape index (κ1) is 17.9. The average molecular weight is 338 g/mol. The summed E-state index contributed by atoms with van der Waals surface area (Å²) in [5, 5.41) is 2.51. The first-order valence-corrected chi connectivity index (χ1v) is 7.51. The van der Waals surface area contributed by atoms with E-state index in [0.29, 0.717) is 0 Å². The van der Waals surface area contributed by atoms with Crippen LogP contribution in [0.3, 0.4) is 0 Å². The summed E-state index contributed by atoms with van der Waals surface area (Å²) < 4.78 is 33.0. The third kappa shape index (κ3) is 3.90. The lowest BCUT2D eigenvalue weighted by Crippen LogP contribution is -2.61. The van der Waals surface area contributed by atoms with Crippen molar-refractivity contribution in [2.24, 2.45) is 0 Å². The van der Waals surface area contributed by atoms with Crippen LogP contribution in [0.25, 0.3) is 6.08 Å². The van der Waals surface area contributed by atoms with Crippen molar-refractivity contribution in [1.82, 2.24) is 10.2 Å². The Morgan fingerprint density at radius 1 is 1.33 bits per heavy atom. The molecule has 5 nitrogen and oxygen atoms in total. The van der Waals surface area contributed by atoms with E-state index in [0.717, 1.165) is 6.07 Å². The summed E-state index contributed by atoms with van der Waals surface area (Å²) in [6.07, 6.45) is 0.720. The fourth-order valence-corrected chi connectivity index (χ4v) is 2.24. The molecule has 0 spiro atoms. The highest BCUT2D eigenvalue weighted by atomic mass is 19.1. The van der Waals surface area contributed by atoms with Crippen LogP contribution in [-0.2, 0) is 4.74 Å². The SMILES string of the molecule is C=Cc1ccc(F)c(C(=O)NC2CN(C(=O)OC(C)(C)C)C2)c1F. The van der Waals surface area contributed by atoms with Crippen molar-refractivity contribution < 1.29 is 23.1 Å². The van der Waals surface area contributed by atoms with E-state index in [2.05, 4.69) is 11.9 Å². The van der Waals surface area contributed by atoms with Gasteiger partial charge in [0.15, 0.2) is 0 Å². The van der Waals surface area contributed by atoms with Crippen molar-refractivity contribution in [3.05, 3.63) is 41.5 Å². The number of hydrogen-bond acceptors (Lipinski definition) is 3. The van der Waals surface area contributed by atoms with Gasteiger partial charge in [-0.2, -0.15) is 0 Å². The third-order valence-corrected chi connectivity index (χ3v) is 3.44. The van der Waals surface area contributed by atoms with Gasteiger partial charge in [-0.05, 0) is 32.9 Å². The first-order chi connectivity index (χ1) is 11.1. The number of carbonyl (C=O) groups is 2. The number of carbonyl (C=O) groups excluding carboxylic acids is 2. The van der Waals surface area contributed by atoms with Gasteiger partial charge >= 0.3 is 6.09 Å². The fourth-order valence-electron chi connectivity index (χ4n) is 2.24. The Kier molecular flexibility index (Phi) is 4.91. The van der Waals surface area contributed by atoms with Gasteiger partial charge in [-0.25, -0.2) is 13.6 Å². The van der Waals surface area contributed by atoms with Crippen LogP contribution in [0, 0.1) is 11.6 Å². The highest BCUT2D eigenvalue weighted by Gasteiger charge is 2.35. The smallest absolute Gasteiger partial charge is 0.410 e. The zero-order chi connectivity index (χ0) is 18.1. The number of rotatable bonds is 3. The first-order valence-electron chi connectivity index (χ1n) is 7.51. The van der Waals surface area contributed by atoms with Gasteiger partial charge in [0.05, 0.1) is 6.04 Å². The van der Waals surface area contributed by atoms with Gasteiger partial charge in [0.2, 0.25) is 0 Å². The Hall–Kier alpha value is -2.44. The molecule has 1 saturated heterocycles. The molecule has 0 aliphatic carbocycles. The lowest BCUT2D eigenvalue weighted by molar-refractivity contribution is 0.00528. The lowest BCUT2D eigenvalue weighted by Gasteiger charge is -2.39. The van der Waals surface area contributed by atoms with Crippen LogP contribution in [-0.4, -0.2) is 41.6 Å². The van der Waals surface area contributed by atoms with Gasteiger partial charge < -0.3 is 15.0 Å². The molecule has 1 aromatic rings. The second kappa shape index (κ2) is 6.59. The minimum absolute atomic E-state index is 0.0468. The van der Waals surface area contributed by atoms with Crippen LogP contribution in [0.15, 0.2) is 18.7 Å². The molecule has 0 aromatic heterocycles. The summed E-state index contributed by atoms with van der Waals surface area (Å²) in [6.45, 7) is 9.13. The van der Waals surface area contributed by atoms with E-state index >= 15 is 0 Å². The summed E-state index contributed by atoms with van der Waals surface area (Å²) in [7, 11) is 0. The number of amides is 2. The highest BCUT2D eigenvalue weighted by Crippen LogP contribution is 2.20. The Morgan fingerprint density at radius 3 is 2.50 bits per heavy atom. The molecule has 1 aromatic carbocycles. The van der Waals surface area contributed by atoms with Gasteiger partial charge in [-0.15, -0.1) is 0 Å². The number of hydrogen-bond donors (Lipinski definition) is 1. The molecule has 130 valence electrons. The van der Waals surface area contributed by atoms with Crippen molar-refractivity contribution in [1.29, 1.82) is 0 Å². The maximum atomic E-state index is 14.1. The Morgan fingerprint density at radius 2 is 1.96 bits per heavy atom. The minimum atomic E-state index is -0.953. The van der Waals surface area contributed by atoms with Crippen LogP contribution >= 0.6 is 0 Å². The van der Waals surface area contributed by atoms with Crippen LogP contribution in [0.4, 0.5) is 13.6 Å². The van der Waals surface area contributed by atoms with E-state index in [-0.39, 0.29) is 24.7 Å². The minimum Gasteiger partial charge on any atom is -0.444 e. The fraction of sp³-hybridized carbons (Fsp3) is 0.412. The third-order valence-electron chi connectivity index (χ3n) is 3.44. The van der Waals surface area contributed by atoms with Crippen molar-refractivity contribution in [3.63, 3.8) is 0 Å². The lowest BCUT2D eigenvalue weighted by atomic mass is 10.1. The molecule has 0 saturated carbocycles. The topological polar surface area (TPSA) is 58.6 Å². The number of likely N-dealkylation sites (tertiary alicyclic amines) is 1. The molecule has 0 atom stereocenters. The van der Waals surface area contributed by atoms with E-state index < -0.39 is 34.8 Å². The molecular weight excluding hydrogens is 318 g/mol.